The van der Waals surface area contributed by atoms with Crippen LogP contribution in [0, 0.1) is 5.41 Å². The molecule has 0 aliphatic carbocycles. The molecule has 1 unspecified atom stereocenters. The van der Waals surface area contributed by atoms with E-state index < -0.39 is 9.84 Å². The molecule has 1 heterocycles. The van der Waals surface area contributed by atoms with Gasteiger partial charge in [0.1, 0.15) is 21.2 Å². The molecule has 0 radical (unpaired) electrons. The molecule has 0 saturated carbocycles. The van der Waals surface area contributed by atoms with Gasteiger partial charge >= 0.3 is 0 Å². The lowest BCUT2D eigenvalue weighted by Gasteiger charge is -2.38. The lowest BCUT2D eigenvalue weighted by molar-refractivity contribution is 0.0694. The zero-order chi connectivity index (χ0) is 21.0. The molecular weight excluding hydrogens is 374 g/mol. The fraction of sp³-hybridized carbons (Fsp3) is 0.667. The molecule has 158 valence electrons. The van der Waals surface area contributed by atoms with E-state index in [1.54, 1.807) is 0 Å². The molecule has 0 spiro atoms. The predicted octanol–water partition coefficient (Wildman–Crippen LogP) is 3.30. The van der Waals surface area contributed by atoms with Gasteiger partial charge < -0.3 is 15.4 Å². The van der Waals surface area contributed by atoms with Crippen LogP contribution in [0.2, 0.25) is 0 Å². The van der Waals surface area contributed by atoms with Crippen LogP contribution in [-0.4, -0.2) is 45.1 Å². The molecule has 1 aliphatic rings. The van der Waals surface area contributed by atoms with Crippen LogP contribution >= 0.6 is 0 Å². The van der Waals surface area contributed by atoms with Gasteiger partial charge in [0.2, 0.25) is 0 Å². The van der Waals surface area contributed by atoms with Crippen molar-refractivity contribution in [3.8, 4) is 5.75 Å². The van der Waals surface area contributed by atoms with E-state index in [1.807, 2.05) is 25.1 Å². The van der Waals surface area contributed by atoms with Crippen molar-refractivity contribution in [3.63, 3.8) is 0 Å². The molecule has 2 N–H and O–H groups in total. The van der Waals surface area contributed by atoms with E-state index in [0.717, 1.165) is 30.2 Å². The predicted molar refractivity (Wildman–Crippen MR) is 116 cm³/mol. The van der Waals surface area contributed by atoms with Gasteiger partial charge in [-0.1, -0.05) is 32.0 Å². The molecule has 28 heavy (non-hydrogen) atoms. The minimum Gasteiger partial charge on any atom is -0.487 e. The quantitative estimate of drug-likeness (QED) is 0.533. The fourth-order valence-electron chi connectivity index (χ4n) is 3.25. The molecule has 0 bridgehead atoms. The Balaban J connectivity index is 2.15. The highest BCUT2D eigenvalue weighted by atomic mass is 32.2. The van der Waals surface area contributed by atoms with Crippen molar-refractivity contribution < 1.29 is 13.2 Å². The number of rotatable bonds is 7. The Labute approximate surface area is 170 Å². The van der Waals surface area contributed by atoms with Crippen molar-refractivity contribution in [1.82, 2.24) is 10.6 Å². The van der Waals surface area contributed by atoms with Crippen molar-refractivity contribution in [2.75, 3.05) is 25.1 Å². The first-order valence-corrected chi connectivity index (χ1v) is 12.0. The Kier molecular flexibility index (Phi) is 7.02. The Bertz CT molecular complexity index is 801. The van der Waals surface area contributed by atoms with E-state index >= 15 is 0 Å². The number of hydrogen-bond acceptors (Lipinski definition) is 4. The molecule has 1 atom stereocenters. The number of para-hydroxylation sites is 1. The average Bonchev–Trinajstić information content (AvgIpc) is 2.57. The minimum absolute atomic E-state index is 0.0943. The van der Waals surface area contributed by atoms with E-state index in [9.17, 15) is 8.42 Å². The van der Waals surface area contributed by atoms with Crippen molar-refractivity contribution >= 4 is 15.8 Å². The number of fused-ring (bicyclic) bond motifs is 1. The van der Waals surface area contributed by atoms with E-state index in [1.165, 1.54) is 6.26 Å². The molecule has 1 aromatic rings. The summed E-state index contributed by atoms with van der Waals surface area (Å²) in [4.78, 5) is 4.76. The van der Waals surface area contributed by atoms with Crippen molar-refractivity contribution in [3.05, 3.63) is 29.8 Å². The Morgan fingerprint density at radius 2 is 2.00 bits per heavy atom. The van der Waals surface area contributed by atoms with Crippen LogP contribution in [0.1, 0.15) is 59.1 Å². The van der Waals surface area contributed by atoms with Gasteiger partial charge in [-0.15, -0.1) is 0 Å². The molecule has 7 heteroatoms. The SMILES string of the molecule is CCNC(=NCC(C)(C)CCS(C)(=O)=O)NC1CC(C)(C)Oc2ccccc21. The van der Waals surface area contributed by atoms with E-state index in [0.29, 0.717) is 13.0 Å². The number of aliphatic imine (C=N–C) groups is 1. The molecular formula is C21H35N3O3S. The largest absolute Gasteiger partial charge is 0.487 e. The van der Waals surface area contributed by atoms with E-state index in [2.05, 4.69) is 44.4 Å². The smallest absolute Gasteiger partial charge is 0.191 e. The molecule has 2 rings (SSSR count). The van der Waals surface area contributed by atoms with Gasteiger partial charge in [0.25, 0.3) is 0 Å². The van der Waals surface area contributed by atoms with E-state index in [-0.39, 0.29) is 22.8 Å². The second-order valence-electron chi connectivity index (χ2n) is 9.04. The summed E-state index contributed by atoms with van der Waals surface area (Å²) in [6.07, 6.45) is 2.69. The van der Waals surface area contributed by atoms with Crippen LogP contribution in [0.4, 0.5) is 0 Å². The first-order chi connectivity index (χ1) is 12.9. The van der Waals surface area contributed by atoms with Crippen LogP contribution in [0.15, 0.2) is 29.3 Å². The summed E-state index contributed by atoms with van der Waals surface area (Å²) in [6, 6.07) is 8.19. The van der Waals surface area contributed by atoms with Crippen LogP contribution < -0.4 is 15.4 Å². The third-order valence-electron chi connectivity index (χ3n) is 4.85. The first-order valence-electron chi connectivity index (χ1n) is 9.91. The second kappa shape index (κ2) is 8.72. The van der Waals surface area contributed by atoms with Crippen molar-refractivity contribution in [2.24, 2.45) is 10.4 Å². The summed E-state index contributed by atoms with van der Waals surface area (Å²) < 4.78 is 29.1. The minimum atomic E-state index is -2.97. The van der Waals surface area contributed by atoms with Gasteiger partial charge in [-0.25, -0.2) is 8.42 Å². The molecule has 0 saturated heterocycles. The van der Waals surface area contributed by atoms with Crippen LogP contribution in [0.25, 0.3) is 0 Å². The highest BCUT2D eigenvalue weighted by molar-refractivity contribution is 7.90. The summed E-state index contributed by atoms with van der Waals surface area (Å²) in [7, 11) is -2.97. The van der Waals surface area contributed by atoms with Gasteiger partial charge in [-0.2, -0.15) is 0 Å². The van der Waals surface area contributed by atoms with Gasteiger partial charge in [0.15, 0.2) is 5.96 Å². The Morgan fingerprint density at radius 1 is 1.32 bits per heavy atom. The molecule has 0 fully saturated rings. The number of nitrogens with zero attached hydrogens (tertiary/aromatic N) is 1. The van der Waals surface area contributed by atoms with Crippen molar-refractivity contribution in [1.29, 1.82) is 0 Å². The number of guanidine groups is 1. The van der Waals surface area contributed by atoms with Gasteiger partial charge in [-0.05, 0) is 38.7 Å². The molecule has 1 aliphatic heterocycles. The lowest BCUT2D eigenvalue weighted by atomic mass is 9.89. The topological polar surface area (TPSA) is 79.8 Å². The number of hydrogen-bond donors (Lipinski definition) is 2. The monoisotopic (exact) mass is 409 g/mol. The maximum atomic E-state index is 11.5. The summed E-state index contributed by atoms with van der Waals surface area (Å²) in [5.41, 5.74) is 0.667. The maximum Gasteiger partial charge on any atom is 0.191 e. The highest BCUT2D eigenvalue weighted by Crippen LogP contribution is 2.39. The average molecular weight is 410 g/mol. The number of benzene rings is 1. The molecule has 6 nitrogen and oxygen atoms in total. The normalized spacial score (nSPS) is 19.5. The summed E-state index contributed by atoms with van der Waals surface area (Å²) in [5.74, 6) is 1.83. The third-order valence-corrected chi connectivity index (χ3v) is 5.79. The highest BCUT2D eigenvalue weighted by Gasteiger charge is 2.34. The number of nitrogens with one attached hydrogen (secondary N) is 2. The number of ether oxygens (including phenoxy) is 1. The first kappa shape index (κ1) is 22.5. The Morgan fingerprint density at radius 3 is 2.64 bits per heavy atom. The Hall–Kier alpha value is -1.76. The lowest BCUT2D eigenvalue weighted by Crippen LogP contribution is -2.45. The van der Waals surface area contributed by atoms with Gasteiger partial charge in [0, 0.05) is 31.3 Å². The number of sulfone groups is 1. The van der Waals surface area contributed by atoms with Gasteiger partial charge in [-0.3, -0.25) is 4.99 Å². The molecule has 0 amide bonds. The summed E-state index contributed by atoms with van der Waals surface area (Å²) >= 11 is 0. The summed E-state index contributed by atoms with van der Waals surface area (Å²) in [6.45, 7) is 11.6. The van der Waals surface area contributed by atoms with Crippen molar-refractivity contribution in [2.45, 2.75) is 59.1 Å². The van der Waals surface area contributed by atoms with E-state index in [4.69, 9.17) is 9.73 Å². The summed E-state index contributed by atoms with van der Waals surface area (Å²) in [5, 5.41) is 6.87. The second-order valence-corrected chi connectivity index (χ2v) is 11.3. The molecule has 0 aromatic heterocycles. The van der Waals surface area contributed by atoms with Crippen LogP contribution in [-0.2, 0) is 9.84 Å². The maximum absolute atomic E-state index is 11.5. The standard InChI is InChI=1S/C21H35N3O3S/c1-7-22-19(23-15-20(2,3)12-13-28(6,25)26)24-17-14-21(4,5)27-18-11-9-8-10-16(17)18/h8-11,17H,7,12-15H2,1-6H3,(H2,22,23,24). The third kappa shape index (κ3) is 7.00. The zero-order valence-electron chi connectivity index (χ0n) is 18.0. The van der Waals surface area contributed by atoms with Gasteiger partial charge in [0.05, 0.1) is 11.8 Å². The van der Waals surface area contributed by atoms with Crippen LogP contribution in [0.5, 0.6) is 5.75 Å². The van der Waals surface area contributed by atoms with Crippen LogP contribution in [0.3, 0.4) is 0 Å². The fourth-order valence-corrected chi connectivity index (χ4v) is 4.17. The zero-order valence-corrected chi connectivity index (χ0v) is 18.8. The molecule has 1 aromatic carbocycles.